The first kappa shape index (κ1) is 23.4. The number of nitro groups is 1. The number of nitrogens with one attached hydrogen (secondary N) is 2. The fourth-order valence-corrected chi connectivity index (χ4v) is 4.04. The smallest absolute Gasteiger partial charge is 0.274 e. The molecule has 2 heterocycles. The van der Waals surface area contributed by atoms with E-state index >= 15 is 0 Å². The number of carbonyl (C=O) groups is 2. The number of likely N-dealkylation sites (tertiary alicyclic amines) is 2. The Kier molecular flexibility index (Phi) is 7.91. The topological polar surface area (TPSA) is 111 Å². The molecule has 1 aromatic carbocycles. The minimum absolute atomic E-state index is 0.0313. The van der Waals surface area contributed by atoms with E-state index in [2.05, 4.69) is 10.6 Å². The van der Waals surface area contributed by atoms with Gasteiger partial charge in [0.25, 0.3) is 6.20 Å². The molecule has 0 spiro atoms. The van der Waals surface area contributed by atoms with Crippen LogP contribution in [0.2, 0.25) is 0 Å². The molecule has 1 atom stereocenters. The molecule has 1 unspecified atom stereocenters. The van der Waals surface area contributed by atoms with Gasteiger partial charge in [-0.3, -0.25) is 19.7 Å². The van der Waals surface area contributed by atoms with Crippen LogP contribution in [-0.4, -0.2) is 72.9 Å². The van der Waals surface area contributed by atoms with Gasteiger partial charge in [-0.2, -0.15) is 0 Å². The van der Waals surface area contributed by atoms with Crippen molar-refractivity contribution in [1.82, 2.24) is 15.1 Å². The van der Waals surface area contributed by atoms with E-state index in [0.29, 0.717) is 18.7 Å². The summed E-state index contributed by atoms with van der Waals surface area (Å²) in [7, 11) is 3.82. The van der Waals surface area contributed by atoms with Gasteiger partial charge >= 0.3 is 0 Å². The molecule has 0 radical (unpaired) electrons. The predicted molar refractivity (Wildman–Crippen MR) is 123 cm³/mol. The molecule has 0 aromatic heterocycles. The summed E-state index contributed by atoms with van der Waals surface area (Å²) in [5.41, 5.74) is 1.60. The lowest BCUT2D eigenvalue weighted by Gasteiger charge is -2.27. The summed E-state index contributed by atoms with van der Waals surface area (Å²) in [6.07, 6.45) is 4.96. The predicted octanol–water partition coefficient (Wildman–Crippen LogP) is 1.83. The van der Waals surface area contributed by atoms with E-state index in [9.17, 15) is 19.7 Å². The van der Waals surface area contributed by atoms with Gasteiger partial charge in [0.1, 0.15) is 6.04 Å². The fraction of sp³-hybridized carbons (Fsp3) is 0.545. The van der Waals surface area contributed by atoms with E-state index in [4.69, 9.17) is 0 Å². The molecule has 10 nitrogen and oxygen atoms in total. The summed E-state index contributed by atoms with van der Waals surface area (Å²) in [4.78, 5) is 41.7. The number of hydrogen-bond acceptors (Lipinski definition) is 7. The van der Waals surface area contributed by atoms with E-state index in [-0.39, 0.29) is 24.2 Å². The summed E-state index contributed by atoms with van der Waals surface area (Å²) in [5, 5.41) is 17.3. The van der Waals surface area contributed by atoms with Crippen LogP contribution in [0.3, 0.4) is 0 Å². The van der Waals surface area contributed by atoms with Crippen LogP contribution in [0.4, 0.5) is 11.4 Å². The second kappa shape index (κ2) is 10.8. The van der Waals surface area contributed by atoms with E-state index < -0.39 is 11.0 Å². The van der Waals surface area contributed by atoms with Gasteiger partial charge in [-0.05, 0) is 50.3 Å². The van der Waals surface area contributed by atoms with Crippen molar-refractivity contribution in [2.24, 2.45) is 0 Å². The van der Waals surface area contributed by atoms with Gasteiger partial charge < -0.3 is 25.3 Å². The van der Waals surface area contributed by atoms with E-state index in [0.717, 1.165) is 50.7 Å². The molecule has 0 bridgehead atoms. The van der Waals surface area contributed by atoms with Crippen molar-refractivity contribution in [3.63, 3.8) is 0 Å². The minimum atomic E-state index is -0.639. The first-order valence-corrected chi connectivity index (χ1v) is 11.1. The van der Waals surface area contributed by atoms with Gasteiger partial charge in [-0.25, -0.2) is 0 Å². The average Bonchev–Trinajstić information content (AvgIpc) is 3.23. The lowest BCUT2D eigenvalue weighted by Crippen LogP contribution is -2.49. The van der Waals surface area contributed by atoms with Gasteiger partial charge in [0, 0.05) is 45.1 Å². The SMILES string of the molecule is CN(C)c1cccc(NC(=C[N+](=O)[O-])NC2CCCCN(CC(=O)N3CCCC3)C2=O)c1. The fourth-order valence-electron chi connectivity index (χ4n) is 4.04. The molecule has 0 saturated carbocycles. The molecule has 1 aromatic rings. The second-order valence-electron chi connectivity index (χ2n) is 8.44. The normalized spacial score (nSPS) is 19.5. The Labute approximate surface area is 188 Å². The molecular formula is C22H32N6O4. The zero-order valence-corrected chi connectivity index (χ0v) is 18.7. The van der Waals surface area contributed by atoms with Crippen LogP contribution in [0.1, 0.15) is 32.1 Å². The zero-order valence-electron chi connectivity index (χ0n) is 18.7. The Morgan fingerprint density at radius 2 is 1.94 bits per heavy atom. The summed E-state index contributed by atoms with van der Waals surface area (Å²) in [5.74, 6) is -0.0960. The Hall–Kier alpha value is -3.30. The van der Waals surface area contributed by atoms with E-state index in [1.807, 2.05) is 37.2 Å². The highest BCUT2D eigenvalue weighted by atomic mass is 16.6. The first-order chi connectivity index (χ1) is 15.3. The highest BCUT2D eigenvalue weighted by molar-refractivity contribution is 5.88. The van der Waals surface area contributed by atoms with Crippen molar-refractivity contribution >= 4 is 23.2 Å². The Bertz CT molecular complexity index is 866. The molecule has 2 aliphatic heterocycles. The van der Waals surface area contributed by atoms with Crippen molar-refractivity contribution < 1.29 is 14.5 Å². The molecule has 2 fully saturated rings. The maximum absolute atomic E-state index is 13.2. The van der Waals surface area contributed by atoms with Crippen molar-refractivity contribution in [2.45, 2.75) is 38.1 Å². The van der Waals surface area contributed by atoms with Gasteiger partial charge in [0.2, 0.25) is 11.8 Å². The summed E-state index contributed by atoms with van der Waals surface area (Å²) < 4.78 is 0. The van der Waals surface area contributed by atoms with Crippen LogP contribution in [-0.2, 0) is 9.59 Å². The highest BCUT2D eigenvalue weighted by Crippen LogP contribution is 2.20. The highest BCUT2D eigenvalue weighted by Gasteiger charge is 2.30. The van der Waals surface area contributed by atoms with E-state index in [1.54, 1.807) is 15.9 Å². The van der Waals surface area contributed by atoms with Gasteiger partial charge in [-0.1, -0.05) is 6.07 Å². The van der Waals surface area contributed by atoms with Crippen molar-refractivity contribution in [3.05, 3.63) is 46.4 Å². The van der Waals surface area contributed by atoms with Crippen LogP contribution >= 0.6 is 0 Å². The average molecular weight is 445 g/mol. The number of rotatable bonds is 8. The number of hydrogen-bond donors (Lipinski definition) is 2. The van der Waals surface area contributed by atoms with Crippen LogP contribution in [0.15, 0.2) is 36.3 Å². The standard InChI is InChI=1S/C22H32N6O4/c1-25(2)18-9-7-8-17(14-18)23-20(15-28(31)32)24-19-10-3-4-13-27(22(19)30)16-21(29)26-11-5-6-12-26/h7-9,14-15,19,23-24H,3-6,10-13,16H2,1-2H3. The number of carbonyl (C=O) groups excluding carboxylic acids is 2. The molecule has 2 saturated heterocycles. The third kappa shape index (κ3) is 6.35. The number of anilines is 2. The second-order valence-corrected chi connectivity index (χ2v) is 8.44. The maximum Gasteiger partial charge on any atom is 0.274 e. The first-order valence-electron chi connectivity index (χ1n) is 11.1. The quantitative estimate of drug-likeness (QED) is 0.465. The summed E-state index contributed by atoms with van der Waals surface area (Å²) in [6.45, 7) is 2.06. The molecule has 2 amide bonds. The number of nitrogens with zero attached hydrogens (tertiary/aromatic N) is 4. The zero-order chi connectivity index (χ0) is 23.1. The van der Waals surface area contributed by atoms with Crippen LogP contribution in [0, 0.1) is 10.1 Å². The molecular weight excluding hydrogens is 412 g/mol. The Balaban J connectivity index is 1.71. The Morgan fingerprint density at radius 1 is 1.22 bits per heavy atom. The molecule has 32 heavy (non-hydrogen) atoms. The molecule has 0 aliphatic carbocycles. The summed E-state index contributed by atoms with van der Waals surface area (Å²) >= 11 is 0. The van der Waals surface area contributed by atoms with Gasteiger partial charge in [-0.15, -0.1) is 0 Å². The van der Waals surface area contributed by atoms with Crippen molar-refractivity contribution in [1.29, 1.82) is 0 Å². The van der Waals surface area contributed by atoms with Crippen LogP contribution < -0.4 is 15.5 Å². The monoisotopic (exact) mass is 444 g/mol. The molecule has 174 valence electrons. The van der Waals surface area contributed by atoms with Crippen LogP contribution in [0.5, 0.6) is 0 Å². The summed E-state index contributed by atoms with van der Waals surface area (Å²) in [6, 6.07) is 6.81. The maximum atomic E-state index is 13.2. The van der Waals surface area contributed by atoms with Gasteiger partial charge in [0.05, 0.1) is 11.5 Å². The molecule has 10 heteroatoms. The molecule has 3 rings (SSSR count). The molecule has 2 N–H and O–H groups in total. The number of amides is 2. The van der Waals surface area contributed by atoms with Gasteiger partial charge in [0.15, 0.2) is 5.82 Å². The van der Waals surface area contributed by atoms with Crippen molar-refractivity contribution in [3.8, 4) is 0 Å². The lowest BCUT2D eigenvalue weighted by molar-refractivity contribution is -0.403. The minimum Gasteiger partial charge on any atom is -0.378 e. The lowest BCUT2D eigenvalue weighted by atomic mass is 10.1. The molecule has 2 aliphatic rings. The largest absolute Gasteiger partial charge is 0.378 e. The van der Waals surface area contributed by atoms with Crippen LogP contribution in [0.25, 0.3) is 0 Å². The third-order valence-corrected chi connectivity index (χ3v) is 5.77. The third-order valence-electron chi connectivity index (χ3n) is 5.77. The van der Waals surface area contributed by atoms with Crippen molar-refractivity contribution in [2.75, 3.05) is 50.5 Å². The van der Waals surface area contributed by atoms with E-state index in [1.165, 1.54) is 0 Å². The Morgan fingerprint density at radius 3 is 2.62 bits per heavy atom. The number of benzene rings is 1.